The number of benzene rings is 1. The fourth-order valence-corrected chi connectivity index (χ4v) is 3.64. The number of ether oxygens (including phenoxy) is 1. The van der Waals surface area contributed by atoms with E-state index in [4.69, 9.17) is 25.8 Å². The van der Waals surface area contributed by atoms with Gasteiger partial charge in [0.2, 0.25) is 11.9 Å². The quantitative estimate of drug-likeness (QED) is 0.113. The summed E-state index contributed by atoms with van der Waals surface area (Å²) in [4.78, 5) is 19.7. The van der Waals surface area contributed by atoms with E-state index in [0.29, 0.717) is 48.1 Å². The van der Waals surface area contributed by atoms with Crippen molar-refractivity contribution in [3.8, 4) is 17.2 Å². The fourth-order valence-electron chi connectivity index (χ4n) is 3.64. The molecule has 0 saturated carbocycles. The van der Waals surface area contributed by atoms with Crippen molar-refractivity contribution in [2.75, 3.05) is 18.1 Å². The average Bonchev–Trinajstić information content (AvgIpc) is 3.50. The molecule has 0 atom stereocenters. The van der Waals surface area contributed by atoms with Crippen LogP contribution in [0.25, 0.3) is 22.5 Å². The molecule has 3 aromatic heterocycles. The third-order valence-electron chi connectivity index (χ3n) is 5.36. The smallest absolute Gasteiger partial charge is 0.243 e. The van der Waals surface area contributed by atoms with Gasteiger partial charge in [0.05, 0.1) is 36.7 Å². The first-order chi connectivity index (χ1) is 16.5. The summed E-state index contributed by atoms with van der Waals surface area (Å²) >= 11 is 0. The van der Waals surface area contributed by atoms with E-state index >= 15 is 0 Å². The molecule has 178 valence electrons. The number of nitrogens with two attached hydrogens (primary N) is 2. The van der Waals surface area contributed by atoms with Crippen molar-refractivity contribution >= 4 is 28.6 Å². The standard InChI is InChI=1S/C23H27N7O4/c24-17-9-8-15(12-19(17)34-10-4-2-1-3-7-20(31)29-32)14-30-22-16(13-26-30)21(27-23(25)28-22)18-6-5-11-33-18/h5-6,8-9,11-13,32H,1-4,7,10,14,24H2,(H,29,31)(H2,25,27,28). The molecule has 4 aromatic rings. The Kier molecular flexibility index (Phi) is 7.23. The highest BCUT2D eigenvalue weighted by molar-refractivity contribution is 5.89. The van der Waals surface area contributed by atoms with E-state index in [1.165, 1.54) is 0 Å². The number of anilines is 2. The van der Waals surface area contributed by atoms with Gasteiger partial charge in [0.1, 0.15) is 11.4 Å². The number of furan rings is 1. The van der Waals surface area contributed by atoms with Gasteiger partial charge < -0.3 is 20.6 Å². The van der Waals surface area contributed by atoms with Gasteiger partial charge in [-0.1, -0.05) is 18.9 Å². The van der Waals surface area contributed by atoms with Crippen molar-refractivity contribution < 1.29 is 19.2 Å². The lowest BCUT2D eigenvalue weighted by Crippen LogP contribution is -2.17. The summed E-state index contributed by atoms with van der Waals surface area (Å²) in [7, 11) is 0. The molecule has 1 aromatic carbocycles. The fraction of sp³-hybridized carbons (Fsp3) is 0.304. The number of hydrogen-bond donors (Lipinski definition) is 4. The van der Waals surface area contributed by atoms with Crippen LogP contribution in [0.15, 0.2) is 47.2 Å². The van der Waals surface area contributed by atoms with Crippen molar-refractivity contribution in [1.29, 1.82) is 0 Å². The molecular formula is C23H27N7O4. The Balaban J connectivity index is 1.40. The van der Waals surface area contributed by atoms with Crippen LogP contribution in [0.2, 0.25) is 0 Å². The molecule has 0 fully saturated rings. The lowest BCUT2D eigenvalue weighted by Gasteiger charge is -2.11. The van der Waals surface area contributed by atoms with Gasteiger partial charge >= 0.3 is 0 Å². The summed E-state index contributed by atoms with van der Waals surface area (Å²) in [6.45, 7) is 0.960. The van der Waals surface area contributed by atoms with Crippen LogP contribution < -0.4 is 21.7 Å². The minimum atomic E-state index is -0.364. The molecule has 0 unspecified atom stereocenters. The third-order valence-corrected chi connectivity index (χ3v) is 5.36. The van der Waals surface area contributed by atoms with Crippen molar-refractivity contribution in [3.63, 3.8) is 0 Å². The predicted molar refractivity (Wildman–Crippen MR) is 126 cm³/mol. The number of fused-ring (bicyclic) bond motifs is 1. The highest BCUT2D eigenvalue weighted by atomic mass is 16.5. The van der Waals surface area contributed by atoms with Gasteiger partial charge in [-0.05, 0) is 42.7 Å². The Morgan fingerprint density at radius 2 is 2.00 bits per heavy atom. The van der Waals surface area contributed by atoms with Crippen LogP contribution >= 0.6 is 0 Å². The SMILES string of the molecule is Nc1nc(-c2ccco2)c2cnn(Cc3ccc(N)c(OCCCCCCC(=O)NO)c3)c2n1. The van der Waals surface area contributed by atoms with E-state index in [1.807, 2.05) is 24.3 Å². The molecule has 0 aliphatic heterocycles. The van der Waals surface area contributed by atoms with Gasteiger partial charge in [-0.2, -0.15) is 10.1 Å². The molecular weight excluding hydrogens is 438 g/mol. The number of nitrogens with one attached hydrogen (secondary N) is 1. The summed E-state index contributed by atoms with van der Waals surface area (Å²) in [6.07, 6.45) is 6.94. The highest BCUT2D eigenvalue weighted by Crippen LogP contribution is 2.28. The van der Waals surface area contributed by atoms with E-state index < -0.39 is 0 Å². The second kappa shape index (κ2) is 10.7. The number of hydroxylamine groups is 1. The van der Waals surface area contributed by atoms with Crippen LogP contribution in [-0.2, 0) is 11.3 Å². The third kappa shape index (κ3) is 5.44. The second-order valence-electron chi connectivity index (χ2n) is 7.87. The van der Waals surface area contributed by atoms with E-state index in [9.17, 15) is 4.79 Å². The van der Waals surface area contributed by atoms with Crippen molar-refractivity contribution in [1.82, 2.24) is 25.2 Å². The minimum absolute atomic E-state index is 0.138. The zero-order valence-electron chi connectivity index (χ0n) is 18.6. The van der Waals surface area contributed by atoms with E-state index in [-0.39, 0.29) is 11.9 Å². The molecule has 0 bridgehead atoms. The zero-order chi connectivity index (χ0) is 23.9. The number of carbonyl (C=O) groups is 1. The first-order valence-corrected chi connectivity index (χ1v) is 11.0. The Labute approximate surface area is 195 Å². The van der Waals surface area contributed by atoms with Crippen molar-refractivity contribution in [2.24, 2.45) is 0 Å². The summed E-state index contributed by atoms with van der Waals surface area (Å²) in [5.74, 6) is 0.980. The molecule has 3 heterocycles. The number of nitrogen functional groups attached to an aromatic ring is 2. The maximum atomic E-state index is 11.0. The normalized spacial score (nSPS) is 11.1. The van der Waals surface area contributed by atoms with Crippen molar-refractivity contribution in [2.45, 2.75) is 38.6 Å². The predicted octanol–water partition coefficient (Wildman–Crippen LogP) is 3.13. The number of hydrogen-bond acceptors (Lipinski definition) is 9. The summed E-state index contributed by atoms with van der Waals surface area (Å²) in [6, 6.07) is 9.22. The van der Waals surface area contributed by atoms with Gasteiger partial charge in [-0.25, -0.2) is 15.1 Å². The van der Waals surface area contributed by atoms with Gasteiger partial charge in [0.15, 0.2) is 11.4 Å². The molecule has 0 aliphatic carbocycles. The molecule has 11 nitrogen and oxygen atoms in total. The molecule has 6 N–H and O–H groups in total. The topological polar surface area (TPSA) is 167 Å². The number of aromatic nitrogens is 4. The first-order valence-electron chi connectivity index (χ1n) is 11.0. The Bertz CT molecular complexity index is 1250. The van der Waals surface area contributed by atoms with Crippen LogP contribution in [0.4, 0.5) is 11.6 Å². The number of rotatable bonds is 11. The molecule has 34 heavy (non-hydrogen) atoms. The summed E-state index contributed by atoms with van der Waals surface area (Å²) in [5, 5.41) is 13.7. The van der Waals surface area contributed by atoms with Crippen molar-refractivity contribution in [3.05, 3.63) is 48.4 Å². The number of amides is 1. The van der Waals surface area contributed by atoms with E-state index in [0.717, 1.165) is 36.6 Å². The van der Waals surface area contributed by atoms with E-state index in [1.54, 1.807) is 28.7 Å². The lowest BCUT2D eigenvalue weighted by molar-refractivity contribution is -0.129. The minimum Gasteiger partial charge on any atom is -0.491 e. The molecule has 11 heteroatoms. The van der Waals surface area contributed by atoms with E-state index in [2.05, 4.69) is 15.1 Å². The van der Waals surface area contributed by atoms with Crippen LogP contribution in [0.5, 0.6) is 5.75 Å². The Morgan fingerprint density at radius 1 is 1.15 bits per heavy atom. The number of unbranched alkanes of at least 4 members (excludes halogenated alkanes) is 3. The van der Waals surface area contributed by atoms with Gasteiger partial charge in [0.25, 0.3) is 0 Å². The number of carbonyl (C=O) groups excluding carboxylic acids is 1. The molecule has 1 amide bonds. The Hall–Kier alpha value is -4.12. The molecule has 0 saturated heterocycles. The maximum Gasteiger partial charge on any atom is 0.243 e. The van der Waals surface area contributed by atoms with Crippen LogP contribution in [0, 0.1) is 0 Å². The zero-order valence-corrected chi connectivity index (χ0v) is 18.6. The highest BCUT2D eigenvalue weighted by Gasteiger charge is 2.16. The number of nitrogens with zero attached hydrogens (tertiary/aromatic N) is 4. The first kappa shape index (κ1) is 23.1. The largest absolute Gasteiger partial charge is 0.491 e. The van der Waals surface area contributed by atoms with Crippen LogP contribution in [0.1, 0.15) is 37.7 Å². The average molecular weight is 466 g/mol. The molecule has 0 spiro atoms. The van der Waals surface area contributed by atoms with Crippen LogP contribution in [0.3, 0.4) is 0 Å². The second-order valence-corrected chi connectivity index (χ2v) is 7.87. The summed E-state index contributed by atoms with van der Waals surface area (Å²) < 4.78 is 13.1. The Morgan fingerprint density at radius 3 is 2.79 bits per heavy atom. The molecule has 0 radical (unpaired) electrons. The molecule has 0 aliphatic rings. The maximum absolute atomic E-state index is 11.0. The molecule has 4 rings (SSSR count). The summed E-state index contributed by atoms with van der Waals surface area (Å²) in [5.41, 5.74) is 16.4. The van der Waals surface area contributed by atoms with Gasteiger partial charge in [-0.15, -0.1) is 0 Å². The lowest BCUT2D eigenvalue weighted by atomic mass is 10.1. The van der Waals surface area contributed by atoms with Gasteiger partial charge in [0, 0.05) is 6.42 Å². The van der Waals surface area contributed by atoms with Gasteiger partial charge in [-0.3, -0.25) is 10.0 Å². The monoisotopic (exact) mass is 465 g/mol. The van der Waals surface area contributed by atoms with Crippen LogP contribution in [-0.4, -0.2) is 37.5 Å².